The lowest BCUT2D eigenvalue weighted by Gasteiger charge is -2.18. The standard InChI is InChI=1S/C19H32N4O2/c1-24-17-8-7-16(15-18(17)25-2)9-10-21-19(20)22-11-14-23-12-5-3-4-6-13-23/h7-8,15H,3-6,9-14H2,1-2H3,(H3,20,21,22). The second kappa shape index (κ2) is 10.8. The molecule has 0 saturated carbocycles. The van der Waals surface area contributed by atoms with Gasteiger partial charge in [-0.25, -0.2) is 0 Å². The van der Waals surface area contributed by atoms with Crippen molar-refractivity contribution >= 4 is 5.96 Å². The van der Waals surface area contributed by atoms with E-state index in [-0.39, 0.29) is 0 Å². The molecule has 6 nitrogen and oxygen atoms in total. The van der Waals surface area contributed by atoms with Crippen LogP contribution in [0.4, 0.5) is 0 Å². The van der Waals surface area contributed by atoms with Crippen LogP contribution in [0, 0.1) is 0 Å². The minimum absolute atomic E-state index is 0.523. The number of nitrogens with zero attached hydrogens (tertiary/aromatic N) is 2. The van der Waals surface area contributed by atoms with E-state index in [1.54, 1.807) is 14.2 Å². The molecule has 1 saturated heterocycles. The monoisotopic (exact) mass is 348 g/mol. The van der Waals surface area contributed by atoms with Gasteiger partial charge in [0.1, 0.15) is 0 Å². The number of hydrogen-bond acceptors (Lipinski definition) is 4. The van der Waals surface area contributed by atoms with Crippen molar-refractivity contribution in [2.75, 3.05) is 46.9 Å². The Morgan fingerprint density at radius 3 is 2.52 bits per heavy atom. The molecule has 140 valence electrons. The molecule has 2 rings (SSSR count). The van der Waals surface area contributed by atoms with Crippen LogP contribution in [-0.2, 0) is 6.42 Å². The number of guanidine groups is 1. The van der Waals surface area contributed by atoms with E-state index in [4.69, 9.17) is 15.2 Å². The third-order valence-electron chi connectivity index (χ3n) is 4.56. The fourth-order valence-electron chi connectivity index (χ4n) is 3.10. The van der Waals surface area contributed by atoms with Crippen molar-refractivity contribution in [1.82, 2.24) is 10.2 Å². The van der Waals surface area contributed by atoms with Crippen LogP contribution in [0.25, 0.3) is 0 Å². The second-order valence-electron chi connectivity index (χ2n) is 6.39. The number of benzene rings is 1. The molecule has 1 heterocycles. The van der Waals surface area contributed by atoms with Crippen LogP contribution >= 0.6 is 0 Å². The quantitative estimate of drug-likeness (QED) is 0.555. The Morgan fingerprint density at radius 1 is 1.12 bits per heavy atom. The van der Waals surface area contributed by atoms with Crippen LogP contribution in [0.15, 0.2) is 23.2 Å². The number of ether oxygens (including phenoxy) is 2. The Bertz CT molecular complexity index is 540. The highest BCUT2D eigenvalue weighted by Gasteiger charge is 2.08. The van der Waals surface area contributed by atoms with Gasteiger partial charge >= 0.3 is 0 Å². The van der Waals surface area contributed by atoms with Gasteiger partial charge in [0.15, 0.2) is 17.5 Å². The zero-order valence-corrected chi connectivity index (χ0v) is 15.6. The lowest BCUT2D eigenvalue weighted by Crippen LogP contribution is -2.34. The number of methoxy groups -OCH3 is 2. The van der Waals surface area contributed by atoms with Gasteiger partial charge in [0, 0.05) is 13.1 Å². The first-order chi connectivity index (χ1) is 12.2. The molecular weight excluding hydrogens is 316 g/mol. The summed E-state index contributed by atoms with van der Waals surface area (Å²) in [6.45, 7) is 4.89. The summed E-state index contributed by atoms with van der Waals surface area (Å²) in [6, 6.07) is 5.95. The molecule has 0 aromatic heterocycles. The molecule has 25 heavy (non-hydrogen) atoms. The summed E-state index contributed by atoms with van der Waals surface area (Å²) in [4.78, 5) is 6.93. The maximum absolute atomic E-state index is 5.96. The molecule has 6 heteroatoms. The maximum atomic E-state index is 5.96. The van der Waals surface area contributed by atoms with Gasteiger partial charge in [-0.05, 0) is 50.0 Å². The number of nitrogens with one attached hydrogen (secondary N) is 1. The number of rotatable bonds is 8. The molecule has 0 unspecified atom stereocenters. The van der Waals surface area contributed by atoms with E-state index in [0.29, 0.717) is 5.96 Å². The molecule has 1 aliphatic heterocycles. The van der Waals surface area contributed by atoms with Crippen LogP contribution in [0.2, 0.25) is 0 Å². The highest BCUT2D eigenvalue weighted by molar-refractivity contribution is 5.77. The molecule has 0 radical (unpaired) electrons. The molecule has 1 aromatic rings. The topological polar surface area (TPSA) is 72.1 Å². The summed E-state index contributed by atoms with van der Waals surface area (Å²) in [7, 11) is 3.29. The average molecular weight is 348 g/mol. The molecular formula is C19H32N4O2. The van der Waals surface area contributed by atoms with Crippen LogP contribution in [0.5, 0.6) is 11.5 Å². The Hall–Kier alpha value is -1.95. The van der Waals surface area contributed by atoms with Gasteiger partial charge in [0.25, 0.3) is 0 Å². The van der Waals surface area contributed by atoms with Gasteiger partial charge in [0.05, 0.1) is 20.8 Å². The van der Waals surface area contributed by atoms with Gasteiger partial charge in [-0.15, -0.1) is 0 Å². The van der Waals surface area contributed by atoms with Gasteiger partial charge in [-0.3, -0.25) is 4.99 Å². The fourth-order valence-corrected chi connectivity index (χ4v) is 3.10. The zero-order chi connectivity index (χ0) is 17.9. The minimum atomic E-state index is 0.523. The van der Waals surface area contributed by atoms with E-state index >= 15 is 0 Å². The van der Waals surface area contributed by atoms with Crippen molar-refractivity contribution in [3.63, 3.8) is 0 Å². The molecule has 0 bridgehead atoms. The van der Waals surface area contributed by atoms with Crippen molar-refractivity contribution in [2.24, 2.45) is 10.7 Å². The van der Waals surface area contributed by atoms with Crippen molar-refractivity contribution in [1.29, 1.82) is 0 Å². The fraction of sp³-hybridized carbons (Fsp3) is 0.632. The summed E-state index contributed by atoms with van der Waals surface area (Å²) in [5, 5.41) is 3.18. The van der Waals surface area contributed by atoms with Gasteiger partial charge in [-0.1, -0.05) is 18.9 Å². The molecule has 0 aliphatic carbocycles. The van der Waals surface area contributed by atoms with Crippen molar-refractivity contribution < 1.29 is 9.47 Å². The van der Waals surface area contributed by atoms with Gasteiger partial charge in [-0.2, -0.15) is 0 Å². The van der Waals surface area contributed by atoms with Crippen LogP contribution in [0.3, 0.4) is 0 Å². The number of nitrogens with two attached hydrogens (primary N) is 1. The summed E-state index contributed by atoms with van der Waals surface area (Å²) in [5.74, 6) is 2.02. The minimum Gasteiger partial charge on any atom is -0.493 e. The lowest BCUT2D eigenvalue weighted by atomic mass is 10.1. The first-order valence-electron chi connectivity index (χ1n) is 9.20. The predicted octanol–water partition coefficient (Wildman–Crippen LogP) is 2.03. The first-order valence-corrected chi connectivity index (χ1v) is 9.20. The van der Waals surface area contributed by atoms with E-state index in [2.05, 4.69) is 15.2 Å². The smallest absolute Gasteiger partial charge is 0.188 e. The van der Waals surface area contributed by atoms with Crippen molar-refractivity contribution in [3.8, 4) is 11.5 Å². The molecule has 1 fully saturated rings. The Balaban J connectivity index is 1.69. The van der Waals surface area contributed by atoms with Crippen LogP contribution < -0.4 is 20.5 Å². The van der Waals surface area contributed by atoms with Gasteiger partial charge < -0.3 is 25.4 Å². The normalized spacial score (nSPS) is 16.3. The first kappa shape index (κ1) is 19.4. The average Bonchev–Trinajstić information content (AvgIpc) is 2.90. The number of hydrogen-bond donors (Lipinski definition) is 2. The SMILES string of the molecule is COc1ccc(CCNC(N)=NCCN2CCCCCC2)cc1OC. The third kappa shape index (κ3) is 6.82. The second-order valence-corrected chi connectivity index (χ2v) is 6.39. The summed E-state index contributed by atoms with van der Waals surface area (Å²) in [5.41, 5.74) is 7.13. The molecule has 1 aliphatic rings. The summed E-state index contributed by atoms with van der Waals surface area (Å²) in [6.07, 6.45) is 6.19. The van der Waals surface area contributed by atoms with Crippen LogP contribution in [0.1, 0.15) is 31.2 Å². The van der Waals surface area contributed by atoms with Crippen molar-refractivity contribution in [2.45, 2.75) is 32.1 Å². The van der Waals surface area contributed by atoms with E-state index in [0.717, 1.165) is 37.6 Å². The zero-order valence-electron chi connectivity index (χ0n) is 15.6. The van der Waals surface area contributed by atoms with E-state index < -0.39 is 0 Å². The summed E-state index contributed by atoms with van der Waals surface area (Å²) >= 11 is 0. The Kier molecular flexibility index (Phi) is 8.39. The van der Waals surface area contributed by atoms with E-state index in [1.807, 2.05) is 18.2 Å². The summed E-state index contributed by atoms with van der Waals surface area (Å²) < 4.78 is 10.6. The van der Waals surface area contributed by atoms with E-state index in [9.17, 15) is 0 Å². The molecule has 0 spiro atoms. The lowest BCUT2D eigenvalue weighted by molar-refractivity contribution is 0.293. The molecule has 0 atom stereocenters. The molecule has 0 amide bonds. The Morgan fingerprint density at radius 2 is 1.84 bits per heavy atom. The third-order valence-corrected chi connectivity index (χ3v) is 4.56. The van der Waals surface area contributed by atoms with E-state index in [1.165, 1.54) is 44.3 Å². The highest BCUT2D eigenvalue weighted by atomic mass is 16.5. The molecule has 3 N–H and O–H groups in total. The van der Waals surface area contributed by atoms with Crippen molar-refractivity contribution in [3.05, 3.63) is 23.8 Å². The maximum Gasteiger partial charge on any atom is 0.188 e. The van der Waals surface area contributed by atoms with Gasteiger partial charge in [0.2, 0.25) is 0 Å². The number of likely N-dealkylation sites (tertiary alicyclic amines) is 1. The largest absolute Gasteiger partial charge is 0.493 e. The predicted molar refractivity (Wildman–Crippen MR) is 103 cm³/mol. The Labute approximate surface area is 151 Å². The number of aliphatic imine (C=N–C) groups is 1. The highest BCUT2D eigenvalue weighted by Crippen LogP contribution is 2.27. The van der Waals surface area contributed by atoms with Crippen LogP contribution in [-0.4, -0.2) is 57.8 Å². The molecule has 1 aromatic carbocycles.